The SMILES string of the molecule is CC(C)C(=O)Nc1ccc(N2CCCC[C@@H]3CN(CC4CC4)C[C@@H]32)nc1. The maximum Gasteiger partial charge on any atom is 0.226 e. The van der Waals surface area contributed by atoms with Crippen LogP contribution in [0.2, 0.25) is 0 Å². The normalized spacial score (nSPS) is 26.7. The molecule has 0 bridgehead atoms. The number of nitrogens with zero attached hydrogens (tertiary/aromatic N) is 3. The zero-order chi connectivity index (χ0) is 18.1. The summed E-state index contributed by atoms with van der Waals surface area (Å²) in [6.45, 7) is 8.66. The molecule has 2 aliphatic heterocycles. The molecule has 0 unspecified atom stereocenters. The molecular weight excluding hydrogens is 324 g/mol. The van der Waals surface area contributed by atoms with Gasteiger partial charge in [-0.25, -0.2) is 4.98 Å². The van der Waals surface area contributed by atoms with E-state index >= 15 is 0 Å². The summed E-state index contributed by atoms with van der Waals surface area (Å²) in [6.07, 6.45) is 8.61. The fourth-order valence-electron chi connectivity index (χ4n) is 4.45. The third-order valence-electron chi connectivity index (χ3n) is 6.15. The van der Waals surface area contributed by atoms with E-state index in [0.717, 1.165) is 29.9 Å². The lowest BCUT2D eigenvalue weighted by Gasteiger charge is -2.31. The van der Waals surface area contributed by atoms with Gasteiger partial charge in [0.05, 0.1) is 11.9 Å². The number of amides is 1. The van der Waals surface area contributed by atoms with Gasteiger partial charge in [-0.3, -0.25) is 4.79 Å². The Morgan fingerprint density at radius 1 is 1.23 bits per heavy atom. The first kappa shape index (κ1) is 17.8. The predicted octanol–water partition coefficient (Wildman–Crippen LogP) is 3.38. The Labute approximate surface area is 157 Å². The summed E-state index contributed by atoms with van der Waals surface area (Å²) in [5, 5.41) is 2.94. The van der Waals surface area contributed by atoms with Gasteiger partial charge in [0.1, 0.15) is 5.82 Å². The van der Waals surface area contributed by atoms with E-state index in [0.29, 0.717) is 6.04 Å². The number of fused-ring (bicyclic) bond motifs is 1. The molecule has 1 aliphatic carbocycles. The highest BCUT2D eigenvalue weighted by Crippen LogP contribution is 2.36. The van der Waals surface area contributed by atoms with Crippen LogP contribution in [-0.4, -0.2) is 48.0 Å². The molecule has 5 heteroatoms. The monoisotopic (exact) mass is 356 g/mol. The Balaban J connectivity index is 1.45. The van der Waals surface area contributed by atoms with Crippen molar-refractivity contribution in [3.63, 3.8) is 0 Å². The molecule has 1 saturated carbocycles. The van der Waals surface area contributed by atoms with Gasteiger partial charge >= 0.3 is 0 Å². The quantitative estimate of drug-likeness (QED) is 0.879. The molecule has 2 saturated heterocycles. The molecule has 3 heterocycles. The van der Waals surface area contributed by atoms with Crippen LogP contribution in [-0.2, 0) is 4.79 Å². The Bertz CT molecular complexity index is 625. The number of carbonyl (C=O) groups excluding carboxylic acids is 1. The van der Waals surface area contributed by atoms with Gasteiger partial charge < -0.3 is 15.1 Å². The van der Waals surface area contributed by atoms with Crippen LogP contribution in [0.4, 0.5) is 11.5 Å². The average Bonchev–Trinajstić information content (AvgIpc) is 3.38. The van der Waals surface area contributed by atoms with Crippen molar-refractivity contribution in [2.75, 3.05) is 36.4 Å². The molecule has 0 radical (unpaired) electrons. The number of carbonyl (C=O) groups is 1. The summed E-state index contributed by atoms with van der Waals surface area (Å²) in [7, 11) is 0. The minimum Gasteiger partial charge on any atom is -0.352 e. The van der Waals surface area contributed by atoms with E-state index in [9.17, 15) is 4.79 Å². The standard InChI is InChI=1S/C21H32N4O/c1-15(2)21(26)23-18-8-9-20(22-11-18)25-10-4-3-5-17-13-24(14-19(17)25)12-16-6-7-16/h8-9,11,15-17,19H,3-7,10,12-14H2,1-2H3,(H,23,26)/t17-,19+/m1/s1. The second-order valence-corrected chi connectivity index (χ2v) is 8.73. The number of rotatable bonds is 5. The Hall–Kier alpha value is -1.62. The number of hydrogen-bond acceptors (Lipinski definition) is 4. The van der Waals surface area contributed by atoms with E-state index < -0.39 is 0 Å². The number of anilines is 2. The van der Waals surface area contributed by atoms with Crippen molar-refractivity contribution >= 4 is 17.4 Å². The summed E-state index contributed by atoms with van der Waals surface area (Å²) in [4.78, 5) is 21.8. The van der Waals surface area contributed by atoms with E-state index in [1.165, 1.54) is 51.7 Å². The maximum atomic E-state index is 11.9. The highest BCUT2D eigenvalue weighted by Gasteiger charge is 2.39. The molecule has 1 amide bonds. The number of hydrogen-bond donors (Lipinski definition) is 1. The predicted molar refractivity (Wildman–Crippen MR) is 105 cm³/mol. The molecule has 5 nitrogen and oxygen atoms in total. The van der Waals surface area contributed by atoms with E-state index in [-0.39, 0.29) is 11.8 Å². The van der Waals surface area contributed by atoms with Crippen LogP contribution < -0.4 is 10.2 Å². The second kappa shape index (κ2) is 7.55. The van der Waals surface area contributed by atoms with Crippen molar-refractivity contribution in [1.82, 2.24) is 9.88 Å². The molecule has 0 spiro atoms. The highest BCUT2D eigenvalue weighted by atomic mass is 16.1. The van der Waals surface area contributed by atoms with Gasteiger partial charge in [-0.2, -0.15) is 0 Å². The van der Waals surface area contributed by atoms with Gasteiger partial charge in [0.2, 0.25) is 5.91 Å². The number of aromatic nitrogens is 1. The van der Waals surface area contributed by atoms with Gasteiger partial charge in [-0.15, -0.1) is 0 Å². The lowest BCUT2D eigenvalue weighted by atomic mass is 9.98. The van der Waals surface area contributed by atoms with E-state index in [1.807, 2.05) is 26.1 Å². The van der Waals surface area contributed by atoms with Crippen molar-refractivity contribution in [2.24, 2.45) is 17.8 Å². The molecule has 4 rings (SSSR count). The zero-order valence-corrected chi connectivity index (χ0v) is 16.2. The molecule has 2 atom stereocenters. The molecule has 26 heavy (non-hydrogen) atoms. The van der Waals surface area contributed by atoms with Crippen molar-refractivity contribution < 1.29 is 4.79 Å². The fourth-order valence-corrected chi connectivity index (χ4v) is 4.45. The first-order valence-electron chi connectivity index (χ1n) is 10.4. The van der Waals surface area contributed by atoms with Crippen LogP contribution in [0.5, 0.6) is 0 Å². The van der Waals surface area contributed by atoms with E-state index in [1.54, 1.807) is 0 Å². The second-order valence-electron chi connectivity index (χ2n) is 8.73. The minimum atomic E-state index is -0.0167. The summed E-state index contributed by atoms with van der Waals surface area (Å²) in [5.41, 5.74) is 0.792. The average molecular weight is 357 g/mol. The molecule has 1 aromatic heterocycles. The number of nitrogens with one attached hydrogen (secondary N) is 1. The summed E-state index contributed by atoms with van der Waals surface area (Å²) in [6, 6.07) is 4.68. The van der Waals surface area contributed by atoms with Gasteiger partial charge in [-0.05, 0) is 49.7 Å². The van der Waals surface area contributed by atoms with Crippen LogP contribution in [0.15, 0.2) is 18.3 Å². The topological polar surface area (TPSA) is 48.5 Å². The Kier molecular flexibility index (Phi) is 5.16. The van der Waals surface area contributed by atoms with Crippen molar-refractivity contribution in [3.8, 4) is 0 Å². The molecule has 3 aliphatic rings. The maximum absolute atomic E-state index is 11.9. The van der Waals surface area contributed by atoms with E-state index in [2.05, 4.69) is 21.2 Å². The van der Waals surface area contributed by atoms with Gasteiger partial charge in [0.25, 0.3) is 0 Å². The van der Waals surface area contributed by atoms with Crippen LogP contribution in [0.1, 0.15) is 46.0 Å². The number of likely N-dealkylation sites (tertiary alicyclic amines) is 1. The van der Waals surface area contributed by atoms with Crippen molar-refractivity contribution in [3.05, 3.63) is 18.3 Å². The minimum absolute atomic E-state index is 0.0167. The van der Waals surface area contributed by atoms with Crippen LogP contribution >= 0.6 is 0 Å². The highest BCUT2D eigenvalue weighted by molar-refractivity contribution is 5.91. The van der Waals surface area contributed by atoms with E-state index in [4.69, 9.17) is 4.98 Å². The Morgan fingerprint density at radius 3 is 2.77 bits per heavy atom. The van der Waals surface area contributed by atoms with Crippen molar-refractivity contribution in [1.29, 1.82) is 0 Å². The zero-order valence-electron chi connectivity index (χ0n) is 16.2. The fraction of sp³-hybridized carbons (Fsp3) is 0.714. The third-order valence-corrected chi connectivity index (χ3v) is 6.15. The molecule has 142 valence electrons. The van der Waals surface area contributed by atoms with Crippen molar-refractivity contribution in [2.45, 2.75) is 52.0 Å². The lowest BCUT2D eigenvalue weighted by molar-refractivity contribution is -0.118. The summed E-state index contributed by atoms with van der Waals surface area (Å²) < 4.78 is 0. The van der Waals surface area contributed by atoms with Gasteiger partial charge in [-0.1, -0.05) is 20.3 Å². The van der Waals surface area contributed by atoms with Crippen LogP contribution in [0, 0.1) is 17.8 Å². The molecule has 1 N–H and O–H groups in total. The van der Waals surface area contributed by atoms with Crippen LogP contribution in [0.25, 0.3) is 0 Å². The largest absolute Gasteiger partial charge is 0.352 e. The number of pyridine rings is 1. The molecule has 1 aromatic rings. The first-order valence-corrected chi connectivity index (χ1v) is 10.4. The van der Waals surface area contributed by atoms with Gasteiger partial charge in [0, 0.05) is 38.1 Å². The third kappa shape index (κ3) is 4.03. The molecular formula is C21H32N4O. The summed E-state index contributed by atoms with van der Waals surface area (Å²) >= 11 is 0. The smallest absolute Gasteiger partial charge is 0.226 e. The van der Waals surface area contributed by atoms with Crippen LogP contribution in [0.3, 0.4) is 0 Å². The van der Waals surface area contributed by atoms with Gasteiger partial charge in [0.15, 0.2) is 0 Å². The lowest BCUT2D eigenvalue weighted by Crippen LogP contribution is -2.41. The summed E-state index contributed by atoms with van der Waals surface area (Å²) in [5.74, 6) is 2.83. The first-order chi connectivity index (χ1) is 12.6. The Morgan fingerprint density at radius 2 is 2.08 bits per heavy atom. The molecule has 3 fully saturated rings. The molecule has 0 aromatic carbocycles.